The zero-order valence-corrected chi connectivity index (χ0v) is 20.1. The van der Waals surface area contributed by atoms with Crippen molar-refractivity contribution in [2.45, 2.75) is 6.61 Å². The summed E-state index contributed by atoms with van der Waals surface area (Å²) in [6, 6.07) is 22.1. The number of hydrogen-bond donors (Lipinski definition) is 0. The number of thioether (sulfide) groups is 1. The van der Waals surface area contributed by atoms with E-state index in [9.17, 15) is 10.1 Å². The Labute approximate surface area is 207 Å². The summed E-state index contributed by atoms with van der Waals surface area (Å²) in [5.41, 5.74) is 2.73. The molecule has 0 radical (unpaired) electrons. The van der Waals surface area contributed by atoms with Gasteiger partial charge in [0.1, 0.15) is 12.4 Å². The lowest BCUT2D eigenvalue weighted by Gasteiger charge is -2.17. The third kappa shape index (κ3) is 4.76. The predicted octanol–water partition coefficient (Wildman–Crippen LogP) is 5.56. The summed E-state index contributed by atoms with van der Waals surface area (Å²) in [5.74, 6) is 1.41. The highest BCUT2D eigenvalue weighted by Crippen LogP contribution is 2.40. The van der Waals surface area contributed by atoms with Crippen LogP contribution in [0, 0.1) is 11.3 Å². The van der Waals surface area contributed by atoms with Gasteiger partial charge in [0.05, 0.1) is 36.4 Å². The van der Waals surface area contributed by atoms with Crippen LogP contribution in [-0.4, -0.2) is 24.4 Å². The molecule has 0 saturated carbocycles. The summed E-state index contributed by atoms with van der Waals surface area (Å²) in [5, 5.41) is 9.26. The lowest BCUT2D eigenvalue weighted by Crippen LogP contribution is -2.27. The number of ether oxygens (including phenoxy) is 3. The van der Waals surface area contributed by atoms with Gasteiger partial charge in [-0.15, -0.1) is 0 Å². The number of benzene rings is 3. The first-order valence-electron chi connectivity index (χ1n) is 10.3. The smallest absolute Gasteiger partial charge is 0.270 e. The molecule has 1 fully saturated rings. The number of para-hydroxylation sites is 2. The first-order valence-corrected chi connectivity index (χ1v) is 11.5. The number of nitriles is 1. The quantitative estimate of drug-likeness (QED) is 0.318. The van der Waals surface area contributed by atoms with Crippen LogP contribution in [0.4, 0.5) is 5.69 Å². The van der Waals surface area contributed by atoms with Crippen molar-refractivity contribution in [3.63, 3.8) is 0 Å². The number of thiocarbonyl (C=S) groups is 1. The second kappa shape index (κ2) is 10.4. The first-order chi connectivity index (χ1) is 16.5. The largest absolute Gasteiger partial charge is 0.495 e. The van der Waals surface area contributed by atoms with Crippen molar-refractivity contribution >= 4 is 46.0 Å². The summed E-state index contributed by atoms with van der Waals surface area (Å²) >= 11 is 6.71. The van der Waals surface area contributed by atoms with Crippen molar-refractivity contribution < 1.29 is 19.0 Å². The molecular formula is C26H20N2O4S2. The molecule has 6 nitrogen and oxygen atoms in total. The Morgan fingerprint density at radius 3 is 2.50 bits per heavy atom. The van der Waals surface area contributed by atoms with Gasteiger partial charge in [-0.25, -0.2) is 0 Å². The Bertz CT molecular complexity index is 1330. The third-order valence-corrected chi connectivity index (χ3v) is 6.43. The van der Waals surface area contributed by atoms with Crippen molar-refractivity contribution in [2.24, 2.45) is 0 Å². The molecule has 0 unspecified atom stereocenters. The Morgan fingerprint density at radius 2 is 1.74 bits per heavy atom. The predicted molar refractivity (Wildman–Crippen MR) is 137 cm³/mol. The van der Waals surface area contributed by atoms with E-state index in [2.05, 4.69) is 6.07 Å². The fourth-order valence-corrected chi connectivity index (χ4v) is 4.73. The van der Waals surface area contributed by atoms with E-state index in [0.29, 0.717) is 37.7 Å². The van der Waals surface area contributed by atoms with Gasteiger partial charge in [-0.1, -0.05) is 60.4 Å². The fourth-order valence-electron chi connectivity index (χ4n) is 3.45. The number of carbonyl (C=O) groups excluding carboxylic acids is 1. The van der Waals surface area contributed by atoms with Gasteiger partial charge in [-0.3, -0.25) is 9.69 Å². The molecule has 0 aliphatic carbocycles. The summed E-state index contributed by atoms with van der Waals surface area (Å²) < 4.78 is 17.2. The third-order valence-electron chi connectivity index (χ3n) is 5.13. The standard InChI is InChI=1S/C26H20N2O4S2/c1-30-21-10-6-5-9-20(21)28-25(29)24(34-26(28)33)14-17-11-12-22(23(13-17)31-2)32-16-19-8-4-3-7-18(19)15-27/h3-14H,16H2,1-2H3/b24-14-. The molecule has 0 N–H and O–H groups in total. The van der Waals surface area contributed by atoms with E-state index in [1.54, 1.807) is 50.6 Å². The molecule has 4 rings (SSSR count). The van der Waals surface area contributed by atoms with E-state index in [1.165, 1.54) is 16.7 Å². The molecule has 1 aliphatic rings. The van der Waals surface area contributed by atoms with E-state index in [1.807, 2.05) is 36.4 Å². The number of carbonyl (C=O) groups is 1. The summed E-state index contributed by atoms with van der Waals surface area (Å²) in [6.45, 7) is 0.233. The van der Waals surface area contributed by atoms with Gasteiger partial charge in [0, 0.05) is 5.56 Å². The van der Waals surface area contributed by atoms with Gasteiger partial charge < -0.3 is 14.2 Å². The molecule has 170 valence electrons. The van der Waals surface area contributed by atoms with Crippen molar-refractivity contribution in [3.8, 4) is 23.3 Å². The Hall–Kier alpha value is -3.80. The highest BCUT2D eigenvalue weighted by Gasteiger charge is 2.34. The van der Waals surface area contributed by atoms with Crippen LogP contribution in [0.5, 0.6) is 17.2 Å². The molecule has 0 atom stereocenters. The molecule has 1 heterocycles. The number of hydrogen-bond acceptors (Lipinski definition) is 7. The van der Waals surface area contributed by atoms with Crippen molar-refractivity contribution in [3.05, 3.63) is 88.3 Å². The van der Waals surface area contributed by atoms with E-state index < -0.39 is 0 Å². The highest BCUT2D eigenvalue weighted by atomic mass is 32.2. The van der Waals surface area contributed by atoms with Crippen molar-refractivity contribution in [2.75, 3.05) is 19.1 Å². The molecule has 3 aromatic carbocycles. The van der Waals surface area contributed by atoms with Crippen LogP contribution >= 0.6 is 24.0 Å². The average molecular weight is 489 g/mol. The zero-order valence-electron chi connectivity index (χ0n) is 18.5. The highest BCUT2D eigenvalue weighted by molar-refractivity contribution is 8.27. The van der Waals surface area contributed by atoms with Crippen LogP contribution in [-0.2, 0) is 11.4 Å². The zero-order chi connectivity index (χ0) is 24.1. The van der Waals surface area contributed by atoms with Crippen LogP contribution in [0.1, 0.15) is 16.7 Å². The van der Waals surface area contributed by atoms with E-state index in [4.69, 9.17) is 26.4 Å². The summed E-state index contributed by atoms with van der Waals surface area (Å²) in [7, 11) is 3.11. The van der Waals surface area contributed by atoms with Gasteiger partial charge in [0.15, 0.2) is 15.8 Å². The molecule has 8 heteroatoms. The summed E-state index contributed by atoms with van der Waals surface area (Å²) in [4.78, 5) is 15.1. The molecule has 1 aliphatic heterocycles. The number of amides is 1. The number of rotatable bonds is 7. The molecule has 1 amide bonds. The molecule has 0 aromatic heterocycles. The van der Waals surface area contributed by atoms with E-state index in [-0.39, 0.29) is 12.5 Å². The number of anilines is 1. The fraction of sp³-hybridized carbons (Fsp3) is 0.115. The number of methoxy groups -OCH3 is 2. The van der Waals surface area contributed by atoms with Crippen LogP contribution in [0.25, 0.3) is 6.08 Å². The molecular weight excluding hydrogens is 468 g/mol. The molecule has 1 saturated heterocycles. The van der Waals surface area contributed by atoms with Crippen LogP contribution in [0.2, 0.25) is 0 Å². The van der Waals surface area contributed by atoms with Crippen LogP contribution in [0.15, 0.2) is 71.6 Å². The minimum Gasteiger partial charge on any atom is -0.495 e. The van der Waals surface area contributed by atoms with E-state index >= 15 is 0 Å². The van der Waals surface area contributed by atoms with Crippen LogP contribution in [0.3, 0.4) is 0 Å². The van der Waals surface area contributed by atoms with Crippen molar-refractivity contribution in [1.82, 2.24) is 0 Å². The minimum atomic E-state index is -0.216. The molecule has 3 aromatic rings. The van der Waals surface area contributed by atoms with Crippen LogP contribution < -0.4 is 19.1 Å². The van der Waals surface area contributed by atoms with Gasteiger partial charge in [0.2, 0.25) is 0 Å². The molecule has 0 spiro atoms. The normalized spacial score (nSPS) is 14.3. The van der Waals surface area contributed by atoms with Gasteiger partial charge in [0.25, 0.3) is 5.91 Å². The van der Waals surface area contributed by atoms with Crippen molar-refractivity contribution in [1.29, 1.82) is 5.26 Å². The second-order valence-corrected chi connectivity index (χ2v) is 8.83. The molecule has 0 bridgehead atoms. The lowest BCUT2D eigenvalue weighted by atomic mass is 10.1. The Balaban J connectivity index is 1.56. The second-order valence-electron chi connectivity index (χ2n) is 7.16. The average Bonchev–Trinajstić information content (AvgIpc) is 3.15. The van der Waals surface area contributed by atoms with E-state index in [0.717, 1.165) is 11.1 Å². The monoisotopic (exact) mass is 488 g/mol. The lowest BCUT2D eigenvalue weighted by molar-refractivity contribution is -0.113. The SMILES string of the molecule is COc1cc(/C=C2\SC(=S)N(c3ccccc3OC)C2=O)ccc1OCc1ccccc1C#N. The van der Waals surface area contributed by atoms with Gasteiger partial charge in [-0.05, 0) is 42.0 Å². The van der Waals surface area contributed by atoms with Gasteiger partial charge in [-0.2, -0.15) is 5.26 Å². The Morgan fingerprint density at radius 1 is 1.00 bits per heavy atom. The molecule has 34 heavy (non-hydrogen) atoms. The maximum atomic E-state index is 13.1. The summed E-state index contributed by atoms with van der Waals surface area (Å²) in [6.07, 6.45) is 1.77. The number of nitrogens with zero attached hydrogens (tertiary/aromatic N) is 2. The Kier molecular flexibility index (Phi) is 7.16. The minimum absolute atomic E-state index is 0.216. The maximum absolute atomic E-state index is 13.1. The van der Waals surface area contributed by atoms with Gasteiger partial charge >= 0.3 is 0 Å². The topological polar surface area (TPSA) is 71.8 Å². The first kappa shape index (κ1) is 23.4. The maximum Gasteiger partial charge on any atom is 0.270 e.